The molecule has 0 spiro atoms. The van der Waals surface area contributed by atoms with Crippen molar-refractivity contribution in [1.29, 1.82) is 0 Å². The molecule has 0 amide bonds. The van der Waals surface area contributed by atoms with Gasteiger partial charge in [0.15, 0.2) is 0 Å². The molecular weight excluding hydrogens is 152 g/mol. The van der Waals surface area contributed by atoms with Gasteiger partial charge in [0.25, 0.3) is 0 Å². The van der Waals surface area contributed by atoms with E-state index in [9.17, 15) is 10.2 Å². The van der Waals surface area contributed by atoms with Crippen LogP contribution in [-0.2, 0) is 0 Å². The molecule has 0 saturated heterocycles. The maximum absolute atomic E-state index is 9.95. The lowest BCUT2D eigenvalue weighted by molar-refractivity contribution is -0.0110. The average Bonchev–Trinajstić information content (AvgIpc) is 2.28. The van der Waals surface area contributed by atoms with E-state index in [1.807, 2.05) is 0 Å². The lowest BCUT2D eigenvalue weighted by Gasteiger charge is -2.29. The second kappa shape index (κ2) is 2.57. The number of rotatable bonds is 0. The standard InChI is InChI=1S/C10H16O2/c11-9-4-2-1-3-5-10(12,8-9)7-6-9/h6-7,11-12H,1-5,8H2. The van der Waals surface area contributed by atoms with Gasteiger partial charge in [0.1, 0.15) is 0 Å². The number of hydrogen-bond acceptors (Lipinski definition) is 2. The van der Waals surface area contributed by atoms with Crippen molar-refractivity contribution in [2.75, 3.05) is 0 Å². The molecule has 2 atom stereocenters. The fraction of sp³-hybridized carbons (Fsp3) is 0.800. The Labute approximate surface area is 72.9 Å². The van der Waals surface area contributed by atoms with E-state index >= 15 is 0 Å². The Balaban J connectivity index is 2.18. The van der Waals surface area contributed by atoms with Gasteiger partial charge in [-0.3, -0.25) is 0 Å². The van der Waals surface area contributed by atoms with Crippen molar-refractivity contribution in [3.05, 3.63) is 12.2 Å². The molecule has 68 valence electrons. The van der Waals surface area contributed by atoms with E-state index in [1.165, 1.54) is 0 Å². The van der Waals surface area contributed by atoms with Gasteiger partial charge in [-0.05, 0) is 12.8 Å². The quantitative estimate of drug-likeness (QED) is 0.536. The SMILES string of the molecule is OC12C=CC(O)(CCCCC1)C2. The normalized spacial score (nSPS) is 47.2. The van der Waals surface area contributed by atoms with Gasteiger partial charge in [-0.25, -0.2) is 0 Å². The van der Waals surface area contributed by atoms with Crippen molar-refractivity contribution in [2.24, 2.45) is 0 Å². The highest BCUT2D eigenvalue weighted by molar-refractivity contribution is 5.20. The van der Waals surface area contributed by atoms with Crippen LogP contribution < -0.4 is 0 Å². The third-order valence-electron chi connectivity index (χ3n) is 3.04. The van der Waals surface area contributed by atoms with E-state index in [1.54, 1.807) is 12.2 Å². The molecule has 1 fully saturated rings. The fourth-order valence-electron chi connectivity index (χ4n) is 2.34. The maximum atomic E-state index is 9.95. The average molecular weight is 168 g/mol. The van der Waals surface area contributed by atoms with E-state index in [0.717, 1.165) is 32.1 Å². The molecule has 0 heterocycles. The molecule has 12 heavy (non-hydrogen) atoms. The Morgan fingerprint density at radius 2 is 1.33 bits per heavy atom. The molecule has 0 aromatic carbocycles. The van der Waals surface area contributed by atoms with Gasteiger partial charge >= 0.3 is 0 Å². The Hall–Kier alpha value is -0.340. The van der Waals surface area contributed by atoms with Crippen molar-refractivity contribution in [2.45, 2.75) is 49.7 Å². The highest BCUT2D eigenvalue weighted by atomic mass is 16.3. The second-order valence-corrected chi connectivity index (χ2v) is 4.28. The fourth-order valence-corrected chi connectivity index (χ4v) is 2.34. The van der Waals surface area contributed by atoms with Crippen LogP contribution in [0.25, 0.3) is 0 Å². The number of fused-ring (bicyclic) bond motifs is 2. The zero-order valence-corrected chi connectivity index (χ0v) is 7.29. The van der Waals surface area contributed by atoms with Crippen LogP contribution in [0.1, 0.15) is 38.5 Å². The maximum Gasteiger partial charge on any atom is 0.0859 e. The Bertz CT molecular complexity index is 192. The second-order valence-electron chi connectivity index (χ2n) is 4.28. The summed E-state index contributed by atoms with van der Waals surface area (Å²) in [4.78, 5) is 0. The van der Waals surface area contributed by atoms with Crippen LogP contribution in [0.2, 0.25) is 0 Å². The molecule has 2 bridgehead atoms. The van der Waals surface area contributed by atoms with Gasteiger partial charge in [0, 0.05) is 6.42 Å². The first-order valence-electron chi connectivity index (χ1n) is 4.77. The lowest BCUT2D eigenvalue weighted by Crippen LogP contribution is -2.34. The van der Waals surface area contributed by atoms with Crippen LogP contribution in [-0.4, -0.2) is 21.4 Å². The van der Waals surface area contributed by atoms with Gasteiger partial charge < -0.3 is 10.2 Å². The zero-order valence-electron chi connectivity index (χ0n) is 7.29. The summed E-state index contributed by atoms with van der Waals surface area (Å²) >= 11 is 0. The van der Waals surface area contributed by atoms with Gasteiger partial charge in [-0.2, -0.15) is 0 Å². The summed E-state index contributed by atoms with van der Waals surface area (Å²) in [5.74, 6) is 0. The topological polar surface area (TPSA) is 40.5 Å². The van der Waals surface area contributed by atoms with Crippen LogP contribution in [0, 0.1) is 0 Å². The molecule has 2 aliphatic rings. The summed E-state index contributed by atoms with van der Waals surface area (Å²) in [7, 11) is 0. The van der Waals surface area contributed by atoms with Crippen LogP contribution in [0.5, 0.6) is 0 Å². The van der Waals surface area contributed by atoms with Crippen molar-refractivity contribution in [3.8, 4) is 0 Å². The highest BCUT2D eigenvalue weighted by Gasteiger charge is 2.41. The molecule has 2 N–H and O–H groups in total. The van der Waals surface area contributed by atoms with E-state index in [4.69, 9.17) is 0 Å². The van der Waals surface area contributed by atoms with Gasteiger partial charge in [0.05, 0.1) is 11.2 Å². The monoisotopic (exact) mass is 168 g/mol. The molecule has 2 rings (SSSR count). The summed E-state index contributed by atoms with van der Waals surface area (Å²) in [6.45, 7) is 0. The van der Waals surface area contributed by atoms with Crippen LogP contribution in [0.4, 0.5) is 0 Å². The van der Waals surface area contributed by atoms with E-state index in [0.29, 0.717) is 6.42 Å². The number of hydrogen-bond donors (Lipinski definition) is 2. The van der Waals surface area contributed by atoms with Gasteiger partial charge in [-0.15, -0.1) is 0 Å². The Kier molecular flexibility index (Phi) is 1.77. The number of aliphatic hydroxyl groups is 2. The Morgan fingerprint density at radius 1 is 0.833 bits per heavy atom. The van der Waals surface area contributed by atoms with Gasteiger partial charge in [0.2, 0.25) is 0 Å². The van der Waals surface area contributed by atoms with Crippen LogP contribution in [0.15, 0.2) is 12.2 Å². The van der Waals surface area contributed by atoms with E-state index < -0.39 is 11.2 Å². The van der Waals surface area contributed by atoms with Crippen LogP contribution in [0.3, 0.4) is 0 Å². The minimum Gasteiger partial charge on any atom is -0.386 e. The molecule has 0 aromatic rings. The first-order chi connectivity index (χ1) is 5.62. The summed E-state index contributed by atoms with van der Waals surface area (Å²) in [5.41, 5.74) is -1.40. The van der Waals surface area contributed by atoms with Crippen molar-refractivity contribution < 1.29 is 10.2 Å². The third-order valence-corrected chi connectivity index (χ3v) is 3.04. The summed E-state index contributed by atoms with van der Waals surface area (Å²) in [6.07, 6.45) is 9.01. The first kappa shape index (κ1) is 8.27. The van der Waals surface area contributed by atoms with Crippen molar-refractivity contribution in [1.82, 2.24) is 0 Å². The molecular formula is C10H16O2. The molecule has 0 radical (unpaired) electrons. The Morgan fingerprint density at radius 3 is 1.83 bits per heavy atom. The van der Waals surface area contributed by atoms with E-state index in [-0.39, 0.29) is 0 Å². The highest BCUT2D eigenvalue weighted by Crippen LogP contribution is 2.39. The molecule has 1 saturated carbocycles. The van der Waals surface area contributed by atoms with Crippen molar-refractivity contribution >= 4 is 0 Å². The summed E-state index contributed by atoms with van der Waals surface area (Å²) in [5, 5.41) is 19.9. The van der Waals surface area contributed by atoms with Gasteiger partial charge in [-0.1, -0.05) is 31.4 Å². The third kappa shape index (κ3) is 1.41. The molecule has 2 heteroatoms. The molecule has 2 unspecified atom stereocenters. The van der Waals surface area contributed by atoms with Crippen LogP contribution >= 0.6 is 0 Å². The molecule has 0 aliphatic heterocycles. The minimum absolute atomic E-state index is 0.514. The zero-order chi connectivity index (χ0) is 8.66. The van der Waals surface area contributed by atoms with Crippen molar-refractivity contribution in [3.63, 3.8) is 0 Å². The summed E-state index contributed by atoms with van der Waals surface area (Å²) in [6, 6.07) is 0. The predicted octanol–water partition coefficient (Wildman–Crippen LogP) is 1.37. The first-order valence-corrected chi connectivity index (χ1v) is 4.77. The smallest absolute Gasteiger partial charge is 0.0859 e. The molecule has 0 aromatic heterocycles. The largest absolute Gasteiger partial charge is 0.386 e. The minimum atomic E-state index is -0.699. The summed E-state index contributed by atoms with van der Waals surface area (Å²) < 4.78 is 0. The predicted molar refractivity (Wildman–Crippen MR) is 46.7 cm³/mol. The molecule has 2 nitrogen and oxygen atoms in total. The lowest BCUT2D eigenvalue weighted by atomic mass is 9.85. The molecule has 2 aliphatic carbocycles. The van der Waals surface area contributed by atoms with E-state index in [2.05, 4.69) is 0 Å².